The molecule has 0 aliphatic rings. The Bertz CT molecular complexity index is 1070. The van der Waals surface area contributed by atoms with E-state index in [1.165, 1.54) is 18.7 Å². The fourth-order valence-electron chi connectivity index (χ4n) is 3.18. The summed E-state index contributed by atoms with van der Waals surface area (Å²) in [6, 6.07) is 12.9. The summed E-state index contributed by atoms with van der Waals surface area (Å²) in [6.45, 7) is 7.50. The summed E-state index contributed by atoms with van der Waals surface area (Å²) in [4.78, 5) is 23.6. The van der Waals surface area contributed by atoms with E-state index in [0.717, 1.165) is 16.9 Å². The average Bonchev–Trinajstić information content (AvgIpc) is 3.06. The molecular formula is C23H26N4O3S. The number of thioether (sulfide) groups is 1. The van der Waals surface area contributed by atoms with Gasteiger partial charge in [0.2, 0.25) is 5.91 Å². The molecule has 1 atom stereocenters. The molecule has 1 amide bonds. The third-order valence-electron chi connectivity index (χ3n) is 4.65. The monoisotopic (exact) mass is 438 g/mol. The molecule has 0 bridgehead atoms. The van der Waals surface area contributed by atoms with Gasteiger partial charge in [0.05, 0.1) is 5.75 Å². The topological polar surface area (TPSA) is 86.1 Å². The lowest BCUT2D eigenvalue weighted by atomic mass is 10.1. The van der Waals surface area contributed by atoms with Crippen LogP contribution in [-0.2, 0) is 11.8 Å². The molecule has 1 N–H and O–H groups in total. The summed E-state index contributed by atoms with van der Waals surface area (Å²) in [5.41, 5.74) is 3.53. The van der Waals surface area contributed by atoms with E-state index < -0.39 is 0 Å². The maximum absolute atomic E-state index is 12.3. The number of amides is 1. The largest absolute Gasteiger partial charge is 0.483 e. The Labute approximate surface area is 186 Å². The molecule has 7 nitrogen and oxygen atoms in total. The van der Waals surface area contributed by atoms with Gasteiger partial charge in [-0.25, -0.2) is 0 Å². The van der Waals surface area contributed by atoms with E-state index in [1.54, 1.807) is 24.3 Å². The first-order valence-electron chi connectivity index (χ1n) is 9.91. The van der Waals surface area contributed by atoms with Crippen LogP contribution in [0.1, 0.15) is 47.3 Å². The van der Waals surface area contributed by atoms with Crippen LogP contribution in [0.4, 0.5) is 5.69 Å². The van der Waals surface area contributed by atoms with Gasteiger partial charge in [-0.2, -0.15) is 0 Å². The van der Waals surface area contributed by atoms with E-state index in [4.69, 9.17) is 4.74 Å². The van der Waals surface area contributed by atoms with Gasteiger partial charge in [0.25, 0.3) is 0 Å². The van der Waals surface area contributed by atoms with Gasteiger partial charge in [-0.05, 0) is 75.2 Å². The summed E-state index contributed by atoms with van der Waals surface area (Å²) in [7, 11) is 1.86. The van der Waals surface area contributed by atoms with Crippen molar-refractivity contribution in [2.45, 2.75) is 39.0 Å². The van der Waals surface area contributed by atoms with Crippen LogP contribution in [-0.4, -0.2) is 32.2 Å². The maximum atomic E-state index is 12.3. The van der Waals surface area contributed by atoms with Crippen molar-refractivity contribution in [3.05, 3.63) is 65.0 Å². The lowest BCUT2D eigenvalue weighted by molar-refractivity contribution is -0.113. The van der Waals surface area contributed by atoms with Gasteiger partial charge in [0, 0.05) is 18.3 Å². The smallest absolute Gasteiger partial charge is 0.234 e. The van der Waals surface area contributed by atoms with Gasteiger partial charge < -0.3 is 14.6 Å². The zero-order valence-corrected chi connectivity index (χ0v) is 19.1. The molecule has 0 fully saturated rings. The number of carbonyl (C=O) groups excluding carboxylic acids is 2. The van der Waals surface area contributed by atoms with Crippen LogP contribution in [0.2, 0.25) is 0 Å². The summed E-state index contributed by atoms with van der Waals surface area (Å²) < 4.78 is 7.89. The van der Waals surface area contributed by atoms with Crippen molar-refractivity contribution in [3.8, 4) is 5.75 Å². The van der Waals surface area contributed by atoms with Crippen molar-refractivity contribution in [1.29, 1.82) is 0 Å². The average molecular weight is 439 g/mol. The van der Waals surface area contributed by atoms with Crippen LogP contribution in [0.3, 0.4) is 0 Å². The number of benzene rings is 2. The second-order valence-corrected chi connectivity index (χ2v) is 8.40. The third kappa shape index (κ3) is 5.95. The van der Waals surface area contributed by atoms with Crippen LogP contribution < -0.4 is 10.1 Å². The Hall–Kier alpha value is -3.13. The van der Waals surface area contributed by atoms with Crippen molar-refractivity contribution < 1.29 is 14.3 Å². The minimum absolute atomic E-state index is 0.0118. The first-order valence-corrected chi connectivity index (χ1v) is 10.9. The number of anilines is 1. The highest BCUT2D eigenvalue weighted by Gasteiger charge is 2.18. The highest BCUT2D eigenvalue weighted by Crippen LogP contribution is 2.25. The first-order chi connectivity index (χ1) is 14.7. The van der Waals surface area contributed by atoms with Crippen molar-refractivity contribution in [2.75, 3.05) is 11.1 Å². The Morgan fingerprint density at radius 3 is 2.35 bits per heavy atom. The van der Waals surface area contributed by atoms with Crippen LogP contribution in [0.25, 0.3) is 0 Å². The molecule has 0 saturated heterocycles. The molecule has 0 radical (unpaired) electrons. The van der Waals surface area contributed by atoms with E-state index in [9.17, 15) is 9.59 Å². The molecule has 1 heterocycles. The number of nitrogens with zero attached hydrogens (tertiary/aromatic N) is 3. The fraction of sp³-hybridized carbons (Fsp3) is 0.304. The van der Waals surface area contributed by atoms with Crippen molar-refractivity contribution in [3.63, 3.8) is 0 Å². The molecule has 1 unspecified atom stereocenters. The molecule has 0 aliphatic heterocycles. The molecule has 0 aliphatic carbocycles. The van der Waals surface area contributed by atoms with Gasteiger partial charge in [0.15, 0.2) is 22.9 Å². The van der Waals surface area contributed by atoms with Crippen LogP contribution in [0, 0.1) is 13.8 Å². The zero-order valence-electron chi connectivity index (χ0n) is 18.3. The number of nitrogens with one attached hydrogen (secondary N) is 1. The number of carbonyl (C=O) groups is 2. The zero-order chi connectivity index (χ0) is 22.5. The molecular weight excluding hydrogens is 412 g/mol. The predicted molar refractivity (Wildman–Crippen MR) is 122 cm³/mol. The molecule has 3 rings (SSSR count). The highest BCUT2D eigenvalue weighted by molar-refractivity contribution is 7.99. The molecule has 0 saturated carbocycles. The van der Waals surface area contributed by atoms with Crippen molar-refractivity contribution in [2.24, 2.45) is 7.05 Å². The summed E-state index contributed by atoms with van der Waals surface area (Å²) >= 11 is 1.30. The number of ether oxygens (including phenoxy) is 1. The van der Waals surface area contributed by atoms with Crippen molar-refractivity contribution >= 4 is 29.1 Å². The molecule has 8 heteroatoms. The highest BCUT2D eigenvalue weighted by atomic mass is 32.2. The van der Waals surface area contributed by atoms with E-state index in [-0.39, 0.29) is 23.5 Å². The lowest BCUT2D eigenvalue weighted by Crippen LogP contribution is -2.15. The van der Waals surface area contributed by atoms with Crippen LogP contribution in [0.15, 0.2) is 47.6 Å². The first kappa shape index (κ1) is 22.6. The number of ketones is 1. The lowest BCUT2D eigenvalue weighted by Gasteiger charge is -2.15. The normalized spacial score (nSPS) is 11.8. The van der Waals surface area contributed by atoms with E-state index >= 15 is 0 Å². The SMILES string of the molecule is CC(=O)c1ccc(NC(=O)CSc2nnc(C(C)Oc3cc(C)cc(C)c3)n2C)cc1. The molecule has 1 aromatic heterocycles. The minimum atomic E-state index is -0.290. The number of aryl methyl sites for hydroxylation is 2. The molecule has 3 aromatic rings. The molecule has 2 aromatic carbocycles. The second-order valence-electron chi connectivity index (χ2n) is 7.45. The van der Waals surface area contributed by atoms with E-state index in [0.29, 0.717) is 22.2 Å². The minimum Gasteiger partial charge on any atom is -0.483 e. The predicted octanol–water partition coefficient (Wildman–Crippen LogP) is 4.51. The number of Topliss-reactive ketones (excluding diaryl/α,β-unsaturated/α-hetero) is 1. The fourth-order valence-corrected chi connectivity index (χ4v) is 3.90. The second kappa shape index (κ2) is 9.78. The molecule has 162 valence electrons. The van der Waals surface area contributed by atoms with E-state index in [1.807, 2.05) is 44.5 Å². The van der Waals surface area contributed by atoms with Gasteiger partial charge in [0.1, 0.15) is 5.75 Å². The summed E-state index contributed by atoms with van der Waals surface area (Å²) in [5, 5.41) is 11.9. The van der Waals surface area contributed by atoms with Crippen LogP contribution >= 0.6 is 11.8 Å². The Morgan fingerprint density at radius 2 is 1.74 bits per heavy atom. The Balaban J connectivity index is 1.58. The summed E-state index contributed by atoms with van der Waals surface area (Å²) in [5.74, 6) is 1.48. The number of aromatic nitrogens is 3. The molecule has 31 heavy (non-hydrogen) atoms. The van der Waals surface area contributed by atoms with Gasteiger partial charge >= 0.3 is 0 Å². The van der Waals surface area contributed by atoms with E-state index in [2.05, 4.69) is 21.6 Å². The van der Waals surface area contributed by atoms with Gasteiger partial charge in [-0.3, -0.25) is 9.59 Å². The maximum Gasteiger partial charge on any atom is 0.234 e. The number of rotatable bonds is 8. The van der Waals surface area contributed by atoms with Crippen molar-refractivity contribution in [1.82, 2.24) is 14.8 Å². The Kier molecular flexibility index (Phi) is 7.12. The number of hydrogen-bond donors (Lipinski definition) is 1. The summed E-state index contributed by atoms with van der Waals surface area (Å²) in [6.07, 6.45) is -0.290. The quantitative estimate of drug-likeness (QED) is 0.411. The number of hydrogen-bond acceptors (Lipinski definition) is 6. The third-order valence-corrected chi connectivity index (χ3v) is 5.67. The van der Waals surface area contributed by atoms with Gasteiger partial charge in [-0.15, -0.1) is 10.2 Å². The van der Waals surface area contributed by atoms with Crippen LogP contribution in [0.5, 0.6) is 5.75 Å². The Morgan fingerprint density at radius 1 is 1.10 bits per heavy atom. The van der Waals surface area contributed by atoms with Gasteiger partial charge in [-0.1, -0.05) is 17.8 Å². The molecule has 0 spiro atoms. The standard InChI is InChI=1S/C23H26N4O3S/c1-14-10-15(2)12-20(11-14)30-17(4)22-25-26-23(27(22)5)31-13-21(29)24-19-8-6-18(7-9-19)16(3)28/h6-12,17H,13H2,1-5H3,(H,24,29).